The first kappa shape index (κ1) is 19.4. The Morgan fingerprint density at radius 1 is 1.03 bits per heavy atom. The summed E-state index contributed by atoms with van der Waals surface area (Å²) < 4.78 is 0. The second-order valence-electron chi connectivity index (χ2n) is 8.48. The minimum atomic E-state index is -1.43. The van der Waals surface area contributed by atoms with Gasteiger partial charge < -0.3 is 11.1 Å². The smallest absolute Gasteiger partial charge is 0.250 e. The van der Waals surface area contributed by atoms with Crippen LogP contribution in [0.3, 0.4) is 0 Å². The molecule has 0 aliphatic carbocycles. The van der Waals surface area contributed by atoms with E-state index in [1.807, 2.05) is 32.0 Å². The van der Waals surface area contributed by atoms with E-state index >= 15 is 0 Å². The van der Waals surface area contributed by atoms with Crippen molar-refractivity contribution in [2.24, 2.45) is 17.6 Å². The molecule has 31 heavy (non-hydrogen) atoms. The van der Waals surface area contributed by atoms with Crippen LogP contribution >= 0.6 is 0 Å². The minimum absolute atomic E-state index is 0.155. The molecule has 8 nitrogen and oxygen atoms in total. The number of anilines is 2. The molecule has 3 heterocycles. The van der Waals surface area contributed by atoms with Crippen LogP contribution in [0.25, 0.3) is 0 Å². The number of aryl methyl sites for hydroxylation is 2. The lowest BCUT2D eigenvalue weighted by Crippen LogP contribution is -2.53. The maximum Gasteiger partial charge on any atom is 0.250 e. The maximum atomic E-state index is 13.8. The van der Waals surface area contributed by atoms with E-state index in [2.05, 4.69) is 10.6 Å². The van der Waals surface area contributed by atoms with Crippen molar-refractivity contribution in [3.63, 3.8) is 0 Å². The molecule has 4 N–H and O–H groups in total. The van der Waals surface area contributed by atoms with E-state index in [-0.39, 0.29) is 6.42 Å². The van der Waals surface area contributed by atoms with Crippen LogP contribution in [0.1, 0.15) is 23.1 Å². The number of carbonyl (C=O) groups is 4. The molecular weight excluding hydrogens is 396 g/mol. The predicted molar refractivity (Wildman–Crippen MR) is 113 cm³/mol. The number of nitrogens with zero attached hydrogens (tertiary/aromatic N) is 1. The topological polar surface area (TPSA) is 122 Å². The summed E-state index contributed by atoms with van der Waals surface area (Å²) in [7, 11) is 0. The summed E-state index contributed by atoms with van der Waals surface area (Å²) in [5, 5.41) is 6.02. The number of carbonyl (C=O) groups excluding carboxylic acids is 4. The van der Waals surface area contributed by atoms with Gasteiger partial charge in [0, 0.05) is 23.7 Å². The Morgan fingerprint density at radius 3 is 2.39 bits per heavy atom. The fourth-order valence-electron chi connectivity index (χ4n) is 5.53. The van der Waals surface area contributed by atoms with E-state index in [1.54, 1.807) is 24.3 Å². The third-order valence-electron chi connectivity index (χ3n) is 6.71. The van der Waals surface area contributed by atoms with Crippen molar-refractivity contribution in [1.82, 2.24) is 5.32 Å². The van der Waals surface area contributed by atoms with Gasteiger partial charge in [0.25, 0.3) is 0 Å². The standard InChI is InChI=1S/C23H22N4O4/c1-11-6-5-7-12(2)19(11)27-20(29)17-15(10-16(24)28)26-23(18(17)21(27)30)13-8-3-4-9-14(13)25-22(23)31/h3-9,15,17-18,26H,10H2,1-2H3,(H2,24,28)(H,25,31)/t15-,17+,18-,23+/m1/s1. The molecule has 0 saturated carbocycles. The molecule has 2 saturated heterocycles. The number of primary amides is 1. The summed E-state index contributed by atoms with van der Waals surface area (Å²) >= 11 is 0. The normalized spacial score (nSPS) is 28.8. The summed E-state index contributed by atoms with van der Waals surface area (Å²) in [4.78, 5) is 53.7. The molecule has 0 unspecified atom stereocenters. The van der Waals surface area contributed by atoms with Crippen molar-refractivity contribution < 1.29 is 19.2 Å². The number of fused-ring (bicyclic) bond motifs is 4. The van der Waals surface area contributed by atoms with E-state index in [9.17, 15) is 19.2 Å². The second kappa shape index (κ2) is 6.49. The number of nitrogens with two attached hydrogens (primary N) is 1. The summed E-state index contributed by atoms with van der Waals surface area (Å²) in [6.45, 7) is 3.67. The zero-order valence-corrected chi connectivity index (χ0v) is 17.1. The minimum Gasteiger partial charge on any atom is -0.370 e. The third-order valence-corrected chi connectivity index (χ3v) is 6.71. The Hall–Kier alpha value is -3.52. The number of hydrogen-bond donors (Lipinski definition) is 3. The molecule has 8 heteroatoms. The van der Waals surface area contributed by atoms with Crippen LogP contribution < -0.4 is 21.3 Å². The number of benzene rings is 2. The highest BCUT2D eigenvalue weighted by Crippen LogP contribution is 2.54. The van der Waals surface area contributed by atoms with Gasteiger partial charge >= 0.3 is 0 Å². The lowest BCUT2D eigenvalue weighted by atomic mass is 9.76. The molecule has 2 aromatic rings. The molecule has 3 aliphatic heterocycles. The van der Waals surface area contributed by atoms with E-state index in [0.29, 0.717) is 16.9 Å². The second-order valence-corrected chi connectivity index (χ2v) is 8.48. The van der Waals surface area contributed by atoms with Crippen molar-refractivity contribution in [3.8, 4) is 0 Å². The fraction of sp³-hybridized carbons (Fsp3) is 0.304. The first-order chi connectivity index (χ1) is 14.8. The number of nitrogens with one attached hydrogen (secondary N) is 2. The molecule has 0 bridgehead atoms. The van der Waals surface area contributed by atoms with Gasteiger partial charge in [-0.2, -0.15) is 0 Å². The third kappa shape index (κ3) is 2.45. The maximum absolute atomic E-state index is 13.8. The van der Waals surface area contributed by atoms with Crippen LogP contribution in [-0.4, -0.2) is 29.7 Å². The molecule has 5 rings (SSSR count). The molecule has 2 aromatic carbocycles. The van der Waals surface area contributed by atoms with Gasteiger partial charge in [-0.05, 0) is 31.0 Å². The summed E-state index contributed by atoms with van der Waals surface area (Å²) in [5.74, 6) is -3.73. The van der Waals surface area contributed by atoms with Gasteiger partial charge in [-0.3, -0.25) is 24.5 Å². The zero-order valence-electron chi connectivity index (χ0n) is 17.1. The van der Waals surface area contributed by atoms with Crippen LogP contribution in [0.4, 0.5) is 11.4 Å². The Balaban J connectivity index is 1.71. The van der Waals surface area contributed by atoms with Crippen molar-refractivity contribution >= 4 is 35.0 Å². The molecular formula is C23H22N4O4. The van der Waals surface area contributed by atoms with Gasteiger partial charge in [0.1, 0.15) is 5.54 Å². The van der Waals surface area contributed by atoms with Crippen LogP contribution in [0, 0.1) is 25.7 Å². The quantitative estimate of drug-likeness (QED) is 0.645. The van der Waals surface area contributed by atoms with Crippen LogP contribution in [0.5, 0.6) is 0 Å². The van der Waals surface area contributed by atoms with Crippen molar-refractivity contribution in [3.05, 3.63) is 59.2 Å². The van der Waals surface area contributed by atoms with E-state index < -0.39 is 47.0 Å². The van der Waals surface area contributed by atoms with Crippen molar-refractivity contribution in [1.29, 1.82) is 0 Å². The fourth-order valence-corrected chi connectivity index (χ4v) is 5.53. The first-order valence-electron chi connectivity index (χ1n) is 10.2. The number of para-hydroxylation sites is 2. The zero-order chi connectivity index (χ0) is 22.1. The molecule has 1 spiro atoms. The van der Waals surface area contributed by atoms with Gasteiger partial charge in [-0.1, -0.05) is 36.4 Å². The molecule has 158 valence electrons. The van der Waals surface area contributed by atoms with E-state index in [1.165, 1.54) is 4.90 Å². The van der Waals surface area contributed by atoms with Gasteiger partial charge in [0.15, 0.2) is 0 Å². The molecule has 2 fully saturated rings. The monoisotopic (exact) mass is 418 g/mol. The van der Waals surface area contributed by atoms with Crippen molar-refractivity contribution in [2.45, 2.75) is 31.8 Å². The van der Waals surface area contributed by atoms with Gasteiger partial charge in [-0.15, -0.1) is 0 Å². The Morgan fingerprint density at radius 2 is 1.71 bits per heavy atom. The molecule has 0 radical (unpaired) electrons. The average Bonchev–Trinajstić information content (AvgIpc) is 3.28. The van der Waals surface area contributed by atoms with Gasteiger partial charge in [0.05, 0.1) is 17.5 Å². The van der Waals surface area contributed by atoms with E-state index in [4.69, 9.17) is 5.73 Å². The largest absolute Gasteiger partial charge is 0.370 e. The molecule has 0 aromatic heterocycles. The van der Waals surface area contributed by atoms with Gasteiger partial charge in [-0.25, -0.2) is 4.90 Å². The highest BCUT2D eigenvalue weighted by Gasteiger charge is 2.70. The Bertz CT molecular complexity index is 1160. The van der Waals surface area contributed by atoms with Crippen LogP contribution in [-0.2, 0) is 24.7 Å². The van der Waals surface area contributed by atoms with E-state index in [0.717, 1.165) is 11.1 Å². The molecule has 4 atom stereocenters. The van der Waals surface area contributed by atoms with Gasteiger partial charge in [0.2, 0.25) is 23.6 Å². The number of rotatable bonds is 3. The number of hydrogen-bond acceptors (Lipinski definition) is 5. The van der Waals surface area contributed by atoms with Crippen molar-refractivity contribution in [2.75, 3.05) is 10.2 Å². The highest BCUT2D eigenvalue weighted by molar-refractivity contribution is 6.26. The Labute approximate surface area is 178 Å². The summed E-state index contributed by atoms with van der Waals surface area (Å²) in [6.07, 6.45) is -0.155. The molecule has 3 aliphatic rings. The molecule has 4 amide bonds. The highest BCUT2D eigenvalue weighted by atomic mass is 16.2. The SMILES string of the molecule is Cc1cccc(C)c1N1C(=O)[C@H]2[C@@H](CC(N)=O)N[C@]3(C(=O)Nc4ccccc43)[C@H]2C1=O. The lowest BCUT2D eigenvalue weighted by Gasteiger charge is -2.30. The summed E-state index contributed by atoms with van der Waals surface area (Å²) in [6, 6.07) is 11.9. The predicted octanol–water partition coefficient (Wildman–Crippen LogP) is 1.10. The number of amides is 4. The summed E-state index contributed by atoms with van der Waals surface area (Å²) in [5.41, 5.74) is 7.32. The van der Waals surface area contributed by atoms with Crippen LogP contribution in [0.2, 0.25) is 0 Å². The van der Waals surface area contributed by atoms with Crippen LogP contribution in [0.15, 0.2) is 42.5 Å². The Kier molecular flexibility index (Phi) is 4.07. The number of imide groups is 1. The average molecular weight is 418 g/mol. The lowest BCUT2D eigenvalue weighted by molar-refractivity contribution is -0.130. The first-order valence-corrected chi connectivity index (χ1v) is 10.2.